The average Bonchev–Trinajstić information content (AvgIpc) is 2.70. The van der Waals surface area contributed by atoms with Crippen LogP contribution in [0.3, 0.4) is 0 Å². The topological polar surface area (TPSA) is 173 Å². The zero-order valence-electron chi connectivity index (χ0n) is 17.9. The van der Waals surface area contributed by atoms with Gasteiger partial charge in [-0.25, -0.2) is 0 Å². The number of rotatable bonds is 6. The zero-order valence-corrected chi connectivity index (χ0v) is 17.9. The summed E-state index contributed by atoms with van der Waals surface area (Å²) in [5.74, 6) is -3.47. The quantitative estimate of drug-likeness (QED) is 0.345. The number of carboxylic acid groups (broad SMARTS) is 2. The van der Waals surface area contributed by atoms with Gasteiger partial charge in [0.25, 0.3) is 5.91 Å². The number of hydrogen-bond donors (Lipinski definition) is 6. The van der Waals surface area contributed by atoms with E-state index in [2.05, 4.69) is 10.2 Å². The van der Waals surface area contributed by atoms with E-state index >= 15 is 0 Å². The van der Waals surface area contributed by atoms with Crippen molar-refractivity contribution >= 4 is 17.8 Å². The third-order valence-electron chi connectivity index (χ3n) is 7.81. The number of nitrogens with zero attached hydrogens (tertiary/aromatic N) is 1. The minimum atomic E-state index is -1.27. The first-order valence-corrected chi connectivity index (χ1v) is 10.8. The fourth-order valence-electron chi connectivity index (χ4n) is 6.36. The van der Waals surface area contributed by atoms with Crippen molar-refractivity contribution in [2.24, 2.45) is 5.73 Å². The minimum absolute atomic E-state index is 0.0118. The lowest BCUT2D eigenvalue weighted by molar-refractivity contribution is -0.167. The predicted octanol–water partition coefficient (Wildman–Crippen LogP) is -0.210. The number of primary amides is 1. The maximum atomic E-state index is 12.0. The number of benzene rings is 1. The highest BCUT2D eigenvalue weighted by Gasteiger charge is 2.65. The fourth-order valence-corrected chi connectivity index (χ4v) is 6.36. The number of phenols is 1. The largest absolute Gasteiger partial charge is 0.507 e. The van der Waals surface area contributed by atoms with Gasteiger partial charge in [0.05, 0.1) is 17.6 Å². The molecule has 3 aliphatic rings. The first kappa shape index (κ1) is 22.5. The normalized spacial score (nSPS) is 32.4. The number of nitrogens with two attached hydrogens (primary N) is 1. The second-order valence-electron chi connectivity index (χ2n) is 9.41. The van der Waals surface area contributed by atoms with Gasteiger partial charge in [0, 0.05) is 23.1 Å². The van der Waals surface area contributed by atoms with Crippen LogP contribution in [-0.2, 0) is 21.4 Å². The van der Waals surface area contributed by atoms with Gasteiger partial charge in [-0.1, -0.05) is 6.07 Å². The SMILES string of the molecule is CN1CC[C@@]23C[C@H](NC(CC(=O)O)C(=O)O)CC[C@@]2(O)[C@@H]1Cc1ccc(C(N)=O)c(O)c13. The van der Waals surface area contributed by atoms with Crippen LogP contribution in [0.4, 0.5) is 0 Å². The van der Waals surface area contributed by atoms with Crippen LogP contribution in [0.5, 0.6) is 5.75 Å². The number of carbonyl (C=O) groups excluding carboxylic acids is 1. The molecular weight excluding hydrogens is 418 g/mol. The number of aliphatic carboxylic acids is 2. The molecule has 4 rings (SSSR count). The molecule has 10 heteroatoms. The Morgan fingerprint density at radius 3 is 2.62 bits per heavy atom. The first-order valence-electron chi connectivity index (χ1n) is 10.8. The molecule has 174 valence electrons. The lowest BCUT2D eigenvalue weighted by atomic mass is 9.48. The monoisotopic (exact) mass is 447 g/mol. The number of carbonyl (C=O) groups is 3. The summed E-state index contributed by atoms with van der Waals surface area (Å²) in [5, 5.41) is 44.6. The van der Waals surface area contributed by atoms with E-state index in [1.165, 1.54) is 6.07 Å². The summed E-state index contributed by atoms with van der Waals surface area (Å²) in [6, 6.07) is 1.42. The maximum Gasteiger partial charge on any atom is 0.321 e. The molecule has 1 aliphatic heterocycles. The van der Waals surface area contributed by atoms with Gasteiger partial charge in [0.15, 0.2) is 0 Å². The molecule has 7 N–H and O–H groups in total. The fraction of sp³-hybridized carbons (Fsp3) is 0.591. The van der Waals surface area contributed by atoms with E-state index in [1.54, 1.807) is 6.07 Å². The molecule has 1 amide bonds. The van der Waals surface area contributed by atoms with Crippen molar-refractivity contribution in [3.8, 4) is 5.75 Å². The molecule has 1 aromatic carbocycles. The number of carboxylic acids is 2. The summed E-state index contributed by atoms with van der Waals surface area (Å²) >= 11 is 0. The molecule has 1 unspecified atom stereocenters. The molecule has 1 heterocycles. The number of aliphatic hydroxyl groups is 1. The number of aromatic hydroxyl groups is 1. The van der Waals surface area contributed by atoms with E-state index in [0.29, 0.717) is 44.2 Å². The Kier molecular flexibility index (Phi) is 5.43. The van der Waals surface area contributed by atoms with Crippen LogP contribution in [0, 0.1) is 0 Å². The molecule has 2 fully saturated rings. The van der Waals surface area contributed by atoms with Crippen molar-refractivity contribution in [2.45, 2.75) is 67.7 Å². The molecular formula is C22H29N3O7. The second-order valence-corrected chi connectivity index (χ2v) is 9.41. The van der Waals surface area contributed by atoms with Crippen LogP contribution >= 0.6 is 0 Å². The van der Waals surface area contributed by atoms with Crippen molar-refractivity contribution in [3.05, 3.63) is 28.8 Å². The number of fused-ring (bicyclic) bond motifs is 1. The summed E-state index contributed by atoms with van der Waals surface area (Å²) in [5.41, 5.74) is 4.68. The van der Waals surface area contributed by atoms with Gasteiger partial charge in [-0.15, -0.1) is 0 Å². The highest BCUT2D eigenvalue weighted by molar-refractivity contribution is 5.96. The number of likely N-dealkylation sites (tertiary alicyclic amines) is 1. The summed E-state index contributed by atoms with van der Waals surface area (Å²) in [6.45, 7) is 0.650. The van der Waals surface area contributed by atoms with Gasteiger partial charge >= 0.3 is 11.9 Å². The number of likely N-dealkylation sites (N-methyl/N-ethyl adjacent to an activating group) is 1. The van der Waals surface area contributed by atoms with Crippen molar-refractivity contribution in [3.63, 3.8) is 0 Å². The Labute approximate surface area is 185 Å². The van der Waals surface area contributed by atoms with Gasteiger partial charge in [0.2, 0.25) is 0 Å². The third-order valence-corrected chi connectivity index (χ3v) is 7.81. The molecule has 0 spiro atoms. The van der Waals surface area contributed by atoms with Crippen LogP contribution < -0.4 is 11.1 Å². The molecule has 1 saturated heterocycles. The predicted molar refractivity (Wildman–Crippen MR) is 112 cm³/mol. The van der Waals surface area contributed by atoms with E-state index < -0.39 is 41.3 Å². The molecule has 0 aromatic heterocycles. The zero-order chi connectivity index (χ0) is 23.4. The van der Waals surface area contributed by atoms with E-state index in [0.717, 1.165) is 5.56 Å². The summed E-state index contributed by atoms with van der Waals surface area (Å²) in [6.07, 6.45) is 1.54. The summed E-state index contributed by atoms with van der Waals surface area (Å²) in [4.78, 5) is 36.8. The van der Waals surface area contributed by atoms with Gasteiger partial charge in [-0.2, -0.15) is 0 Å². The molecule has 1 aromatic rings. The Hall–Kier alpha value is -2.69. The first-order chi connectivity index (χ1) is 15.0. The number of amides is 1. The number of piperidine rings is 1. The molecule has 2 bridgehead atoms. The van der Waals surface area contributed by atoms with Crippen molar-refractivity contribution < 1.29 is 34.8 Å². The maximum absolute atomic E-state index is 12.0. The molecule has 5 atom stereocenters. The van der Waals surface area contributed by atoms with Gasteiger partial charge in [0.1, 0.15) is 11.8 Å². The number of hydrogen-bond acceptors (Lipinski definition) is 7. The standard InChI is InChI=1S/C22H29N3O7/c1-25-7-6-21-10-12(24-14(20(30)31)9-16(26)27)4-5-22(21,32)15(25)8-11-2-3-13(19(23)29)18(28)17(11)21/h2-3,12,14-15,24,28,32H,4-10H2,1H3,(H2,23,29)(H,26,27)(H,30,31)/t12-,14?,15+,21+,22-/m1/s1. The van der Waals surface area contributed by atoms with Crippen LogP contribution in [0.1, 0.15) is 53.6 Å². The average molecular weight is 447 g/mol. The highest BCUT2D eigenvalue weighted by Crippen LogP contribution is 2.60. The molecule has 0 radical (unpaired) electrons. The number of nitrogens with one attached hydrogen (secondary N) is 1. The van der Waals surface area contributed by atoms with E-state index in [4.69, 9.17) is 10.8 Å². The van der Waals surface area contributed by atoms with Gasteiger partial charge < -0.3 is 36.4 Å². The van der Waals surface area contributed by atoms with Crippen LogP contribution in [0.25, 0.3) is 0 Å². The van der Waals surface area contributed by atoms with Crippen LogP contribution in [0.15, 0.2) is 12.1 Å². The molecule has 32 heavy (non-hydrogen) atoms. The van der Waals surface area contributed by atoms with Crippen molar-refractivity contribution in [1.82, 2.24) is 10.2 Å². The smallest absolute Gasteiger partial charge is 0.321 e. The Bertz CT molecular complexity index is 983. The van der Waals surface area contributed by atoms with Crippen molar-refractivity contribution in [1.29, 1.82) is 0 Å². The highest BCUT2D eigenvalue weighted by atomic mass is 16.4. The van der Waals surface area contributed by atoms with Crippen LogP contribution in [-0.4, -0.2) is 80.5 Å². The van der Waals surface area contributed by atoms with E-state index in [9.17, 15) is 29.7 Å². The lowest BCUT2D eigenvalue weighted by Gasteiger charge is -2.64. The minimum Gasteiger partial charge on any atom is -0.507 e. The van der Waals surface area contributed by atoms with Gasteiger partial charge in [-0.05, 0) is 57.3 Å². The van der Waals surface area contributed by atoms with Crippen LogP contribution in [0.2, 0.25) is 0 Å². The lowest BCUT2D eigenvalue weighted by Crippen LogP contribution is -2.73. The third kappa shape index (κ3) is 3.25. The van der Waals surface area contributed by atoms with Gasteiger partial charge in [-0.3, -0.25) is 14.4 Å². The summed E-state index contributed by atoms with van der Waals surface area (Å²) < 4.78 is 0. The molecule has 2 aliphatic carbocycles. The summed E-state index contributed by atoms with van der Waals surface area (Å²) in [7, 11) is 1.95. The van der Waals surface area contributed by atoms with E-state index in [1.807, 2.05) is 7.05 Å². The Morgan fingerprint density at radius 2 is 2.00 bits per heavy atom. The Balaban J connectivity index is 1.79. The Morgan fingerprint density at radius 1 is 1.28 bits per heavy atom. The van der Waals surface area contributed by atoms with E-state index in [-0.39, 0.29) is 23.4 Å². The molecule has 1 saturated carbocycles. The van der Waals surface area contributed by atoms with Crippen molar-refractivity contribution in [2.75, 3.05) is 13.6 Å². The molecule has 10 nitrogen and oxygen atoms in total. The second kappa shape index (κ2) is 7.72.